The highest BCUT2D eigenvalue weighted by atomic mass is 35.5. The van der Waals surface area contributed by atoms with Crippen LogP contribution in [0.5, 0.6) is 5.75 Å². The number of aromatic nitrogens is 2. The van der Waals surface area contributed by atoms with Crippen LogP contribution >= 0.6 is 11.6 Å². The molecule has 0 fully saturated rings. The van der Waals surface area contributed by atoms with Gasteiger partial charge in [-0.15, -0.1) is 0 Å². The molecule has 0 atom stereocenters. The van der Waals surface area contributed by atoms with E-state index in [0.29, 0.717) is 16.4 Å². The van der Waals surface area contributed by atoms with Crippen molar-refractivity contribution in [1.82, 2.24) is 9.55 Å². The van der Waals surface area contributed by atoms with E-state index in [2.05, 4.69) is 4.98 Å². The summed E-state index contributed by atoms with van der Waals surface area (Å²) in [5.41, 5.74) is 1.51. The van der Waals surface area contributed by atoms with Gasteiger partial charge in [0.1, 0.15) is 17.4 Å². The van der Waals surface area contributed by atoms with E-state index >= 15 is 0 Å². The van der Waals surface area contributed by atoms with Crippen molar-refractivity contribution in [3.63, 3.8) is 0 Å². The van der Waals surface area contributed by atoms with E-state index in [1.807, 2.05) is 24.5 Å². The molecule has 0 amide bonds. The molecule has 0 radical (unpaired) electrons. The van der Waals surface area contributed by atoms with Gasteiger partial charge >= 0.3 is 0 Å². The number of rotatable bonds is 2. The number of phenols is 1. The molecule has 3 rings (SSSR count). The highest BCUT2D eigenvalue weighted by Crippen LogP contribution is 2.37. The van der Waals surface area contributed by atoms with Crippen molar-refractivity contribution in [1.29, 1.82) is 0 Å². The number of phenolic OH excluding ortho intramolecular Hbond substituents is 1. The summed E-state index contributed by atoms with van der Waals surface area (Å²) in [5.74, 6) is -0.268. The van der Waals surface area contributed by atoms with E-state index in [1.54, 1.807) is 12.1 Å². The second-order valence-electron chi connectivity index (χ2n) is 5.14. The molecule has 1 aromatic heterocycles. The molecule has 2 aromatic carbocycles. The number of hydrogen-bond donors (Lipinski definition) is 1. The molecule has 3 nitrogen and oxygen atoms in total. The average molecular weight is 305 g/mol. The lowest BCUT2D eigenvalue weighted by Crippen LogP contribution is -2.04. The van der Waals surface area contributed by atoms with Gasteiger partial charge in [0.15, 0.2) is 0 Å². The van der Waals surface area contributed by atoms with Gasteiger partial charge in [0.25, 0.3) is 0 Å². The number of hydrogen-bond acceptors (Lipinski definition) is 2. The maximum Gasteiger partial charge on any atom is 0.148 e. The Labute approximate surface area is 126 Å². The molecular formula is C16H14ClFN2O. The lowest BCUT2D eigenvalue weighted by Gasteiger charge is -2.14. The van der Waals surface area contributed by atoms with Crippen LogP contribution < -0.4 is 0 Å². The molecule has 0 unspecified atom stereocenters. The van der Waals surface area contributed by atoms with E-state index in [4.69, 9.17) is 11.6 Å². The molecule has 0 spiro atoms. The molecule has 21 heavy (non-hydrogen) atoms. The van der Waals surface area contributed by atoms with Crippen LogP contribution in [0.15, 0.2) is 36.4 Å². The monoisotopic (exact) mass is 304 g/mol. The van der Waals surface area contributed by atoms with Gasteiger partial charge in [0, 0.05) is 6.04 Å². The van der Waals surface area contributed by atoms with Crippen molar-refractivity contribution in [2.24, 2.45) is 0 Å². The molecule has 108 valence electrons. The van der Waals surface area contributed by atoms with Gasteiger partial charge in [0.05, 0.1) is 21.6 Å². The van der Waals surface area contributed by atoms with Gasteiger partial charge in [-0.2, -0.15) is 0 Å². The summed E-state index contributed by atoms with van der Waals surface area (Å²) in [4.78, 5) is 4.47. The first-order chi connectivity index (χ1) is 10.0. The predicted molar refractivity (Wildman–Crippen MR) is 82.2 cm³/mol. The molecule has 1 heterocycles. The highest BCUT2D eigenvalue weighted by Gasteiger charge is 2.21. The van der Waals surface area contributed by atoms with Gasteiger partial charge in [-0.25, -0.2) is 9.37 Å². The lowest BCUT2D eigenvalue weighted by atomic mass is 10.1. The summed E-state index contributed by atoms with van der Waals surface area (Å²) >= 11 is 6.27. The molecule has 3 aromatic rings. The molecule has 0 saturated carbocycles. The number of halogens is 2. The maximum absolute atomic E-state index is 14.2. The Morgan fingerprint density at radius 3 is 2.57 bits per heavy atom. The van der Waals surface area contributed by atoms with Gasteiger partial charge < -0.3 is 9.67 Å². The van der Waals surface area contributed by atoms with Crippen LogP contribution in [-0.4, -0.2) is 14.7 Å². The minimum absolute atomic E-state index is 0.0175. The normalized spacial score (nSPS) is 11.5. The average Bonchev–Trinajstić information content (AvgIpc) is 2.79. The molecule has 0 bridgehead atoms. The maximum atomic E-state index is 14.2. The first-order valence-corrected chi connectivity index (χ1v) is 7.02. The van der Waals surface area contributed by atoms with Crippen LogP contribution in [0.3, 0.4) is 0 Å². The third kappa shape index (κ3) is 2.16. The van der Waals surface area contributed by atoms with Crippen molar-refractivity contribution < 1.29 is 9.50 Å². The molecule has 0 aliphatic carbocycles. The number of nitrogens with zero attached hydrogens (tertiary/aromatic N) is 2. The Morgan fingerprint density at radius 2 is 1.90 bits per heavy atom. The van der Waals surface area contributed by atoms with Crippen LogP contribution in [0, 0.1) is 5.82 Å². The van der Waals surface area contributed by atoms with Crippen molar-refractivity contribution in [2.75, 3.05) is 0 Å². The molecule has 5 heteroatoms. The quantitative estimate of drug-likeness (QED) is 0.739. The third-order valence-electron chi connectivity index (χ3n) is 3.39. The van der Waals surface area contributed by atoms with E-state index in [-0.39, 0.29) is 17.4 Å². The van der Waals surface area contributed by atoms with Gasteiger partial charge in [-0.05, 0) is 38.1 Å². The van der Waals surface area contributed by atoms with Crippen LogP contribution in [0.25, 0.3) is 22.4 Å². The van der Waals surface area contributed by atoms with E-state index in [1.165, 1.54) is 18.2 Å². The zero-order chi connectivity index (χ0) is 15.1. The number of fused-ring (bicyclic) bond motifs is 1. The molecule has 0 aliphatic heterocycles. The molecule has 0 aliphatic rings. The van der Waals surface area contributed by atoms with E-state index < -0.39 is 5.82 Å². The van der Waals surface area contributed by atoms with Crippen LogP contribution in [0.1, 0.15) is 19.9 Å². The van der Waals surface area contributed by atoms with E-state index in [9.17, 15) is 9.50 Å². The molecule has 1 N–H and O–H groups in total. The van der Waals surface area contributed by atoms with Crippen molar-refractivity contribution >= 4 is 22.6 Å². The largest absolute Gasteiger partial charge is 0.507 e. The summed E-state index contributed by atoms with van der Waals surface area (Å²) in [6, 6.07) is 9.63. The zero-order valence-electron chi connectivity index (χ0n) is 11.6. The van der Waals surface area contributed by atoms with Gasteiger partial charge in [0.2, 0.25) is 0 Å². The minimum Gasteiger partial charge on any atom is -0.507 e. The fourth-order valence-electron chi connectivity index (χ4n) is 2.52. The van der Waals surface area contributed by atoms with Gasteiger partial charge in [-0.3, -0.25) is 0 Å². The Kier molecular flexibility index (Phi) is 3.33. The van der Waals surface area contributed by atoms with Crippen LogP contribution in [0.2, 0.25) is 5.02 Å². The molecule has 0 saturated heterocycles. The fourth-order valence-corrected chi connectivity index (χ4v) is 2.78. The number of aromatic hydroxyl groups is 1. The topological polar surface area (TPSA) is 38.0 Å². The molecular weight excluding hydrogens is 291 g/mol. The van der Waals surface area contributed by atoms with E-state index in [0.717, 1.165) is 5.52 Å². The second kappa shape index (κ2) is 5.04. The Bertz CT molecular complexity index is 806. The van der Waals surface area contributed by atoms with Gasteiger partial charge in [-0.1, -0.05) is 23.7 Å². The Balaban J connectivity index is 2.43. The zero-order valence-corrected chi connectivity index (χ0v) is 12.4. The Hall–Kier alpha value is -2.07. The fraction of sp³-hybridized carbons (Fsp3) is 0.188. The van der Waals surface area contributed by atoms with Crippen LogP contribution in [0.4, 0.5) is 4.39 Å². The number of benzene rings is 2. The first-order valence-electron chi connectivity index (χ1n) is 6.65. The summed E-state index contributed by atoms with van der Waals surface area (Å²) in [5, 5.41) is 10.6. The first kappa shape index (κ1) is 13.9. The summed E-state index contributed by atoms with van der Waals surface area (Å²) in [6.07, 6.45) is 0. The lowest BCUT2D eigenvalue weighted by molar-refractivity contribution is 0.470. The van der Waals surface area contributed by atoms with Crippen molar-refractivity contribution in [3.05, 3.63) is 47.2 Å². The van der Waals surface area contributed by atoms with Crippen molar-refractivity contribution in [3.8, 4) is 17.1 Å². The third-order valence-corrected chi connectivity index (χ3v) is 3.70. The SMILES string of the molecule is CC(C)n1c(-c2c(O)cccc2F)nc2cccc(Cl)c21. The predicted octanol–water partition coefficient (Wildman–Crippen LogP) is 4.78. The summed E-state index contributed by atoms with van der Waals surface area (Å²) in [6.45, 7) is 3.93. The van der Waals surface area contributed by atoms with Crippen LogP contribution in [-0.2, 0) is 0 Å². The number of imidazole rings is 1. The number of para-hydroxylation sites is 1. The van der Waals surface area contributed by atoms with Crippen molar-refractivity contribution in [2.45, 2.75) is 19.9 Å². The Morgan fingerprint density at radius 1 is 1.19 bits per heavy atom. The standard InChI is InChI=1S/C16H14ClFN2O/c1-9(2)20-15-10(17)5-3-7-12(15)19-16(20)14-11(18)6-4-8-13(14)21/h3-9,21H,1-2H3. The highest BCUT2D eigenvalue weighted by molar-refractivity contribution is 6.35. The summed E-state index contributed by atoms with van der Waals surface area (Å²) in [7, 11) is 0. The summed E-state index contributed by atoms with van der Waals surface area (Å²) < 4.78 is 16.0. The minimum atomic E-state index is -0.511. The second-order valence-corrected chi connectivity index (χ2v) is 5.55. The smallest absolute Gasteiger partial charge is 0.148 e.